The zero-order valence-electron chi connectivity index (χ0n) is 8.06. The molecule has 1 atom stereocenters. The Morgan fingerprint density at radius 2 is 2.47 bits per heavy atom. The van der Waals surface area contributed by atoms with Crippen LogP contribution in [-0.2, 0) is 4.79 Å². The fourth-order valence-corrected chi connectivity index (χ4v) is 2.35. The molecule has 4 nitrogen and oxygen atoms in total. The van der Waals surface area contributed by atoms with E-state index in [0.29, 0.717) is 6.42 Å². The summed E-state index contributed by atoms with van der Waals surface area (Å²) in [7, 11) is 0. The van der Waals surface area contributed by atoms with E-state index in [-0.39, 0.29) is 0 Å². The molecule has 0 bridgehead atoms. The predicted molar refractivity (Wildman–Crippen MR) is 59.9 cm³/mol. The molecule has 1 N–H and O–H groups in total. The lowest BCUT2D eigenvalue weighted by Crippen LogP contribution is -2.36. The van der Waals surface area contributed by atoms with Crippen molar-refractivity contribution in [2.24, 2.45) is 0 Å². The van der Waals surface area contributed by atoms with E-state index in [0.717, 1.165) is 23.3 Å². The number of anilines is 1. The average Bonchev–Trinajstić information content (AvgIpc) is 2.67. The zero-order chi connectivity index (χ0) is 10.8. The first-order valence-corrected chi connectivity index (χ1v) is 5.59. The fraction of sp³-hybridized carbons (Fsp3) is 0.400. The second kappa shape index (κ2) is 4.18. The topological polar surface area (TPSA) is 53.4 Å². The van der Waals surface area contributed by atoms with Gasteiger partial charge in [0.25, 0.3) is 0 Å². The first kappa shape index (κ1) is 10.4. The molecule has 1 saturated heterocycles. The number of hydrogen-bond acceptors (Lipinski definition) is 3. The van der Waals surface area contributed by atoms with Crippen molar-refractivity contribution >= 4 is 27.7 Å². The van der Waals surface area contributed by atoms with Crippen LogP contribution < -0.4 is 4.90 Å². The number of aliphatic carboxylic acids is 1. The van der Waals surface area contributed by atoms with E-state index in [4.69, 9.17) is 5.11 Å². The fourth-order valence-electron chi connectivity index (χ4n) is 1.87. The van der Waals surface area contributed by atoms with Gasteiger partial charge in [0.1, 0.15) is 11.9 Å². The molecule has 0 spiro atoms. The van der Waals surface area contributed by atoms with E-state index >= 15 is 0 Å². The lowest BCUT2D eigenvalue weighted by molar-refractivity contribution is -0.138. The van der Waals surface area contributed by atoms with Crippen LogP contribution in [0.2, 0.25) is 0 Å². The van der Waals surface area contributed by atoms with Crippen LogP contribution in [0.15, 0.2) is 22.8 Å². The molecule has 0 saturated carbocycles. The van der Waals surface area contributed by atoms with Crippen molar-refractivity contribution in [2.45, 2.75) is 18.9 Å². The summed E-state index contributed by atoms with van der Waals surface area (Å²) in [5.74, 6) is -0.0487. The summed E-state index contributed by atoms with van der Waals surface area (Å²) in [4.78, 5) is 17.1. The van der Waals surface area contributed by atoms with E-state index < -0.39 is 12.0 Å². The molecule has 0 unspecified atom stereocenters. The third kappa shape index (κ3) is 1.97. The van der Waals surface area contributed by atoms with E-state index in [2.05, 4.69) is 20.9 Å². The Kier molecular flexibility index (Phi) is 2.90. The molecule has 0 amide bonds. The highest BCUT2D eigenvalue weighted by atomic mass is 79.9. The van der Waals surface area contributed by atoms with E-state index in [9.17, 15) is 4.79 Å². The summed E-state index contributed by atoms with van der Waals surface area (Å²) >= 11 is 3.39. The summed E-state index contributed by atoms with van der Waals surface area (Å²) in [6.07, 6.45) is 3.27. The van der Waals surface area contributed by atoms with Crippen molar-refractivity contribution in [2.75, 3.05) is 11.4 Å². The molecule has 1 aliphatic rings. The van der Waals surface area contributed by atoms with Crippen molar-refractivity contribution in [3.8, 4) is 0 Å². The Bertz CT molecular complexity index is 383. The standard InChI is InChI=1S/C10H11BrN2O2/c11-7-3-1-5-12-9(7)13-6-2-4-8(13)10(14)15/h1,3,5,8H,2,4,6H2,(H,14,15)/t8-/m0/s1. The molecule has 1 aromatic rings. The van der Waals surface area contributed by atoms with Gasteiger partial charge in [0, 0.05) is 12.7 Å². The van der Waals surface area contributed by atoms with Crippen molar-refractivity contribution in [3.05, 3.63) is 22.8 Å². The lowest BCUT2D eigenvalue weighted by atomic mass is 10.2. The number of hydrogen-bond donors (Lipinski definition) is 1. The monoisotopic (exact) mass is 270 g/mol. The molecule has 0 radical (unpaired) electrons. The maximum atomic E-state index is 11.0. The normalized spacial score (nSPS) is 20.6. The van der Waals surface area contributed by atoms with Crippen LogP contribution in [0.3, 0.4) is 0 Å². The summed E-state index contributed by atoms with van der Waals surface area (Å²) in [5, 5.41) is 9.05. The first-order chi connectivity index (χ1) is 7.20. The molecular formula is C10H11BrN2O2. The van der Waals surface area contributed by atoms with Gasteiger partial charge in [-0.15, -0.1) is 0 Å². The first-order valence-electron chi connectivity index (χ1n) is 4.80. The summed E-state index contributed by atoms with van der Waals surface area (Å²) in [6.45, 7) is 0.757. The molecule has 1 aliphatic heterocycles. The minimum atomic E-state index is -0.773. The van der Waals surface area contributed by atoms with Crippen LogP contribution >= 0.6 is 15.9 Å². The Morgan fingerprint density at radius 3 is 3.13 bits per heavy atom. The van der Waals surface area contributed by atoms with E-state index in [1.165, 1.54) is 0 Å². The summed E-state index contributed by atoms with van der Waals surface area (Å²) in [5.41, 5.74) is 0. The highest BCUT2D eigenvalue weighted by Gasteiger charge is 2.32. The van der Waals surface area contributed by atoms with Crippen LogP contribution in [0.25, 0.3) is 0 Å². The lowest BCUT2D eigenvalue weighted by Gasteiger charge is -2.23. The Labute approximate surface area is 96.1 Å². The Morgan fingerprint density at radius 1 is 1.67 bits per heavy atom. The number of nitrogens with zero attached hydrogens (tertiary/aromatic N) is 2. The van der Waals surface area contributed by atoms with Gasteiger partial charge >= 0.3 is 5.97 Å². The third-order valence-electron chi connectivity index (χ3n) is 2.55. The molecule has 2 heterocycles. The summed E-state index contributed by atoms with van der Waals surface area (Å²) < 4.78 is 0.846. The molecule has 0 aliphatic carbocycles. The van der Waals surface area contributed by atoms with Crippen LogP contribution in [-0.4, -0.2) is 28.6 Å². The van der Waals surface area contributed by atoms with Gasteiger partial charge < -0.3 is 10.0 Å². The van der Waals surface area contributed by atoms with Crippen LogP contribution in [0.4, 0.5) is 5.82 Å². The number of carboxylic acid groups (broad SMARTS) is 1. The van der Waals surface area contributed by atoms with Gasteiger partial charge in [-0.25, -0.2) is 9.78 Å². The van der Waals surface area contributed by atoms with Crippen molar-refractivity contribution in [3.63, 3.8) is 0 Å². The van der Waals surface area contributed by atoms with Gasteiger partial charge in [-0.2, -0.15) is 0 Å². The molecule has 80 valence electrons. The molecule has 2 rings (SSSR count). The van der Waals surface area contributed by atoms with Gasteiger partial charge in [0.15, 0.2) is 0 Å². The molecule has 15 heavy (non-hydrogen) atoms. The SMILES string of the molecule is O=C(O)[C@@H]1CCCN1c1ncccc1Br. The number of carbonyl (C=O) groups is 1. The van der Waals surface area contributed by atoms with E-state index in [1.807, 2.05) is 17.0 Å². The molecule has 0 aromatic carbocycles. The van der Waals surface area contributed by atoms with Gasteiger partial charge in [-0.05, 0) is 40.9 Å². The predicted octanol–water partition coefficient (Wildman–Crippen LogP) is 1.90. The van der Waals surface area contributed by atoms with Gasteiger partial charge in [-0.3, -0.25) is 0 Å². The van der Waals surface area contributed by atoms with Crippen molar-refractivity contribution < 1.29 is 9.90 Å². The molecular weight excluding hydrogens is 260 g/mol. The quantitative estimate of drug-likeness (QED) is 0.892. The van der Waals surface area contributed by atoms with Crippen LogP contribution in [0, 0.1) is 0 Å². The largest absolute Gasteiger partial charge is 0.480 e. The summed E-state index contributed by atoms with van der Waals surface area (Å²) in [6, 6.07) is 3.26. The van der Waals surface area contributed by atoms with E-state index in [1.54, 1.807) is 6.20 Å². The van der Waals surface area contributed by atoms with Gasteiger partial charge in [0.05, 0.1) is 4.47 Å². The van der Waals surface area contributed by atoms with Crippen molar-refractivity contribution in [1.82, 2.24) is 4.98 Å². The number of rotatable bonds is 2. The third-order valence-corrected chi connectivity index (χ3v) is 3.17. The number of halogens is 1. The minimum absolute atomic E-state index is 0.434. The molecule has 5 heteroatoms. The van der Waals surface area contributed by atoms with Crippen molar-refractivity contribution in [1.29, 1.82) is 0 Å². The Balaban J connectivity index is 2.30. The van der Waals surface area contributed by atoms with Gasteiger partial charge in [0.2, 0.25) is 0 Å². The van der Waals surface area contributed by atoms with Crippen LogP contribution in [0.5, 0.6) is 0 Å². The zero-order valence-corrected chi connectivity index (χ0v) is 9.64. The number of carboxylic acids is 1. The number of pyridine rings is 1. The maximum absolute atomic E-state index is 11.0. The molecule has 1 fully saturated rings. The van der Waals surface area contributed by atoms with Crippen LogP contribution in [0.1, 0.15) is 12.8 Å². The highest BCUT2D eigenvalue weighted by Crippen LogP contribution is 2.29. The number of aromatic nitrogens is 1. The Hall–Kier alpha value is -1.10. The minimum Gasteiger partial charge on any atom is -0.480 e. The maximum Gasteiger partial charge on any atom is 0.326 e. The second-order valence-electron chi connectivity index (χ2n) is 3.50. The smallest absolute Gasteiger partial charge is 0.326 e. The van der Waals surface area contributed by atoms with Gasteiger partial charge in [-0.1, -0.05) is 0 Å². The average molecular weight is 271 g/mol. The second-order valence-corrected chi connectivity index (χ2v) is 4.35. The highest BCUT2D eigenvalue weighted by molar-refractivity contribution is 9.10. The molecule has 1 aromatic heterocycles.